The fourth-order valence-electron chi connectivity index (χ4n) is 4.01. The number of ether oxygens (including phenoxy) is 2. The summed E-state index contributed by atoms with van der Waals surface area (Å²) < 4.78 is 50.3. The van der Waals surface area contributed by atoms with Crippen LogP contribution in [0.15, 0.2) is 72.8 Å². The number of anilines is 2. The van der Waals surface area contributed by atoms with Gasteiger partial charge >= 0.3 is 6.18 Å². The van der Waals surface area contributed by atoms with E-state index in [1.807, 2.05) is 0 Å². The molecule has 1 saturated heterocycles. The first-order valence-electron chi connectivity index (χ1n) is 11.5. The Bertz CT molecular complexity index is 1260. The minimum atomic E-state index is -4.48. The predicted octanol–water partition coefficient (Wildman–Crippen LogP) is 4.66. The van der Waals surface area contributed by atoms with Crippen molar-refractivity contribution in [3.63, 3.8) is 0 Å². The molecule has 1 atom stereocenters. The number of carbonyl (C=O) groups excluding carboxylic acids is 2. The topological polar surface area (TPSA) is 88.7 Å². The van der Waals surface area contributed by atoms with Crippen LogP contribution in [0.3, 0.4) is 0 Å². The summed E-state index contributed by atoms with van der Waals surface area (Å²) in [5.41, 5.74) is -0.469. The van der Waals surface area contributed by atoms with E-state index < -0.39 is 23.2 Å². The van der Waals surface area contributed by atoms with E-state index in [0.717, 1.165) is 11.6 Å². The van der Waals surface area contributed by atoms with E-state index in [0.29, 0.717) is 30.0 Å². The van der Waals surface area contributed by atoms with Gasteiger partial charge in [-0.05, 0) is 48.0 Å². The maximum absolute atomic E-state index is 13.2. The Morgan fingerprint density at radius 2 is 1.78 bits per heavy atom. The first-order valence-corrected chi connectivity index (χ1v) is 11.5. The van der Waals surface area contributed by atoms with Crippen molar-refractivity contribution in [2.75, 3.05) is 25.6 Å². The molecule has 0 spiro atoms. The smallest absolute Gasteiger partial charge is 0.418 e. The molecule has 0 bridgehead atoms. The molecule has 0 saturated carbocycles. The Labute approximate surface area is 212 Å². The van der Waals surface area contributed by atoms with Gasteiger partial charge in [-0.15, -0.1) is 0 Å². The molecule has 10 heteroatoms. The van der Waals surface area contributed by atoms with Crippen molar-refractivity contribution < 1.29 is 32.2 Å². The van der Waals surface area contributed by atoms with Crippen LogP contribution in [-0.4, -0.2) is 37.7 Å². The molecule has 4 rings (SSSR count). The highest BCUT2D eigenvalue weighted by atomic mass is 19.4. The standard InChI is InChI=1S/C27H26F3N3O4/c1-36-21-6-4-5-19(15-21)24(34)33-26(13-14-37-17-26)25(35)31-16-18-9-11-20(12-10-18)32-23-8-3-2-7-22(23)27(28,29)30/h2-12,15,32H,13-14,16-17H2,1H3,(H,31,35)(H,33,34)/t26-/m0/s1. The lowest BCUT2D eigenvalue weighted by atomic mass is 9.96. The first kappa shape index (κ1) is 26.0. The number of para-hydroxylation sites is 1. The Kier molecular flexibility index (Phi) is 7.68. The zero-order valence-corrected chi connectivity index (χ0v) is 20.0. The van der Waals surface area contributed by atoms with Gasteiger partial charge in [0.1, 0.15) is 11.3 Å². The number of rotatable bonds is 8. The van der Waals surface area contributed by atoms with E-state index in [2.05, 4.69) is 16.0 Å². The summed E-state index contributed by atoms with van der Waals surface area (Å²) >= 11 is 0. The fourth-order valence-corrected chi connectivity index (χ4v) is 4.01. The summed E-state index contributed by atoms with van der Waals surface area (Å²) in [6, 6.07) is 18.5. The molecule has 7 nitrogen and oxygen atoms in total. The molecule has 3 aromatic rings. The number of amides is 2. The number of methoxy groups -OCH3 is 1. The lowest BCUT2D eigenvalue weighted by Gasteiger charge is -2.27. The summed E-state index contributed by atoms with van der Waals surface area (Å²) in [6.45, 7) is 0.524. The molecule has 194 valence electrons. The van der Waals surface area contributed by atoms with Crippen LogP contribution < -0.4 is 20.7 Å². The van der Waals surface area contributed by atoms with Gasteiger partial charge in [-0.3, -0.25) is 9.59 Å². The second-order valence-corrected chi connectivity index (χ2v) is 8.62. The van der Waals surface area contributed by atoms with Crippen LogP contribution in [0.4, 0.5) is 24.5 Å². The molecule has 1 aliphatic heterocycles. The highest BCUT2D eigenvalue weighted by Gasteiger charge is 2.43. The van der Waals surface area contributed by atoms with Gasteiger partial charge < -0.3 is 25.4 Å². The fraction of sp³-hybridized carbons (Fsp3) is 0.259. The maximum Gasteiger partial charge on any atom is 0.418 e. The number of benzene rings is 3. The Morgan fingerprint density at radius 1 is 1.03 bits per heavy atom. The van der Waals surface area contributed by atoms with E-state index in [9.17, 15) is 22.8 Å². The quantitative estimate of drug-likeness (QED) is 0.408. The number of hydrogen-bond acceptors (Lipinski definition) is 5. The van der Waals surface area contributed by atoms with Crippen LogP contribution in [0.5, 0.6) is 5.75 Å². The molecule has 0 aromatic heterocycles. The van der Waals surface area contributed by atoms with E-state index in [1.54, 1.807) is 48.5 Å². The molecule has 0 radical (unpaired) electrons. The van der Waals surface area contributed by atoms with Crippen molar-refractivity contribution in [1.82, 2.24) is 10.6 Å². The molecular weight excluding hydrogens is 487 g/mol. The van der Waals surface area contributed by atoms with Crippen LogP contribution in [0.2, 0.25) is 0 Å². The summed E-state index contributed by atoms with van der Waals surface area (Å²) in [6.07, 6.45) is -4.16. The first-order chi connectivity index (χ1) is 17.7. The lowest BCUT2D eigenvalue weighted by molar-refractivity contribution is -0.137. The zero-order chi connectivity index (χ0) is 26.5. The van der Waals surface area contributed by atoms with Crippen molar-refractivity contribution in [2.45, 2.75) is 24.7 Å². The third-order valence-corrected chi connectivity index (χ3v) is 6.06. The highest BCUT2D eigenvalue weighted by molar-refractivity contribution is 5.99. The van der Waals surface area contributed by atoms with Gasteiger partial charge in [-0.2, -0.15) is 13.2 Å². The normalized spacial score (nSPS) is 17.2. The van der Waals surface area contributed by atoms with Crippen molar-refractivity contribution >= 4 is 23.2 Å². The molecule has 0 unspecified atom stereocenters. The minimum absolute atomic E-state index is 0.0377. The number of carbonyl (C=O) groups is 2. The van der Waals surface area contributed by atoms with E-state index >= 15 is 0 Å². The second-order valence-electron chi connectivity index (χ2n) is 8.62. The zero-order valence-electron chi connectivity index (χ0n) is 20.0. The van der Waals surface area contributed by atoms with E-state index in [4.69, 9.17) is 9.47 Å². The Morgan fingerprint density at radius 3 is 2.46 bits per heavy atom. The van der Waals surface area contributed by atoms with Crippen molar-refractivity contribution in [3.05, 3.63) is 89.5 Å². The second kappa shape index (κ2) is 10.9. The van der Waals surface area contributed by atoms with Crippen LogP contribution in [0.1, 0.15) is 27.9 Å². The van der Waals surface area contributed by atoms with Gasteiger partial charge in [0.25, 0.3) is 5.91 Å². The summed E-state index contributed by atoms with van der Waals surface area (Å²) in [5, 5.41) is 8.44. The van der Waals surface area contributed by atoms with Crippen molar-refractivity contribution in [3.8, 4) is 5.75 Å². The van der Waals surface area contributed by atoms with Crippen LogP contribution >= 0.6 is 0 Å². The van der Waals surface area contributed by atoms with Gasteiger partial charge in [0.05, 0.1) is 25.0 Å². The monoisotopic (exact) mass is 513 g/mol. The van der Waals surface area contributed by atoms with E-state index in [-0.39, 0.29) is 24.7 Å². The molecule has 37 heavy (non-hydrogen) atoms. The molecule has 1 fully saturated rings. The van der Waals surface area contributed by atoms with Crippen LogP contribution in [0, 0.1) is 0 Å². The molecule has 2 amide bonds. The summed E-state index contributed by atoms with van der Waals surface area (Å²) in [7, 11) is 1.50. The number of halogens is 3. The van der Waals surface area contributed by atoms with Crippen LogP contribution in [0.25, 0.3) is 0 Å². The largest absolute Gasteiger partial charge is 0.497 e. The van der Waals surface area contributed by atoms with Gasteiger partial charge in [0, 0.05) is 30.8 Å². The van der Waals surface area contributed by atoms with Gasteiger partial charge in [-0.25, -0.2) is 0 Å². The van der Waals surface area contributed by atoms with Gasteiger partial charge in [0.15, 0.2) is 0 Å². The molecule has 1 heterocycles. The third-order valence-electron chi connectivity index (χ3n) is 6.06. The molecule has 1 aliphatic rings. The lowest BCUT2D eigenvalue weighted by Crippen LogP contribution is -2.59. The average molecular weight is 514 g/mol. The summed E-state index contributed by atoms with van der Waals surface area (Å²) in [5.74, 6) is -0.287. The summed E-state index contributed by atoms with van der Waals surface area (Å²) in [4.78, 5) is 26.0. The molecular formula is C27H26F3N3O4. The maximum atomic E-state index is 13.2. The van der Waals surface area contributed by atoms with Gasteiger partial charge in [0.2, 0.25) is 5.91 Å². The number of hydrogen-bond donors (Lipinski definition) is 3. The Balaban J connectivity index is 1.39. The Hall–Kier alpha value is -4.05. The molecule has 3 aromatic carbocycles. The highest BCUT2D eigenvalue weighted by Crippen LogP contribution is 2.35. The van der Waals surface area contributed by atoms with Crippen LogP contribution in [-0.2, 0) is 22.3 Å². The molecule has 0 aliphatic carbocycles. The average Bonchev–Trinajstić information content (AvgIpc) is 3.37. The number of nitrogens with one attached hydrogen (secondary N) is 3. The minimum Gasteiger partial charge on any atom is -0.497 e. The predicted molar refractivity (Wildman–Crippen MR) is 132 cm³/mol. The van der Waals surface area contributed by atoms with Crippen molar-refractivity contribution in [2.24, 2.45) is 0 Å². The SMILES string of the molecule is COc1cccc(C(=O)N[C@@]2(C(=O)NCc3ccc(Nc4ccccc4C(F)(F)F)cc3)CCOC2)c1. The van der Waals surface area contributed by atoms with E-state index in [1.165, 1.54) is 25.3 Å². The van der Waals surface area contributed by atoms with Crippen molar-refractivity contribution in [1.29, 1.82) is 0 Å². The number of alkyl halides is 3. The van der Waals surface area contributed by atoms with Gasteiger partial charge in [-0.1, -0.05) is 30.3 Å². The molecule has 3 N–H and O–H groups in total. The third kappa shape index (κ3) is 6.21.